The van der Waals surface area contributed by atoms with Crippen LogP contribution >= 0.6 is 27.3 Å². The Labute approximate surface area is 148 Å². The SMILES string of the molecule is COc1ccc(C(C)NC(=O)/C=C/c2ccc(Br)s2)c(OC)c1. The molecule has 0 saturated carbocycles. The Bertz CT molecular complexity index is 712. The van der Waals surface area contributed by atoms with Crippen molar-refractivity contribution in [1.29, 1.82) is 0 Å². The van der Waals surface area contributed by atoms with Crippen LogP contribution in [0.2, 0.25) is 0 Å². The van der Waals surface area contributed by atoms with Crippen molar-refractivity contribution in [2.45, 2.75) is 13.0 Å². The van der Waals surface area contributed by atoms with E-state index in [1.54, 1.807) is 37.7 Å². The summed E-state index contributed by atoms with van der Waals surface area (Å²) >= 11 is 4.97. The van der Waals surface area contributed by atoms with Gasteiger partial charge in [-0.3, -0.25) is 4.79 Å². The molecule has 1 unspecified atom stereocenters. The summed E-state index contributed by atoms with van der Waals surface area (Å²) in [6.07, 6.45) is 3.33. The highest BCUT2D eigenvalue weighted by atomic mass is 79.9. The lowest BCUT2D eigenvalue weighted by Crippen LogP contribution is -2.25. The number of thiophene rings is 1. The number of benzene rings is 1. The smallest absolute Gasteiger partial charge is 0.244 e. The van der Waals surface area contributed by atoms with Crippen molar-refractivity contribution in [3.63, 3.8) is 0 Å². The van der Waals surface area contributed by atoms with Gasteiger partial charge in [0.1, 0.15) is 11.5 Å². The van der Waals surface area contributed by atoms with Crippen LogP contribution in [0.4, 0.5) is 0 Å². The van der Waals surface area contributed by atoms with Gasteiger partial charge >= 0.3 is 0 Å². The van der Waals surface area contributed by atoms with E-state index >= 15 is 0 Å². The molecule has 1 N–H and O–H groups in total. The number of ether oxygens (including phenoxy) is 2. The number of carbonyl (C=O) groups is 1. The van der Waals surface area contributed by atoms with Crippen molar-refractivity contribution in [2.75, 3.05) is 14.2 Å². The van der Waals surface area contributed by atoms with Crippen LogP contribution < -0.4 is 14.8 Å². The third kappa shape index (κ3) is 4.84. The molecule has 0 aliphatic rings. The Hall–Kier alpha value is -1.79. The molecule has 122 valence electrons. The van der Waals surface area contributed by atoms with Gasteiger partial charge in [0, 0.05) is 22.6 Å². The van der Waals surface area contributed by atoms with Crippen LogP contribution in [0.15, 0.2) is 40.2 Å². The van der Waals surface area contributed by atoms with Gasteiger partial charge in [-0.1, -0.05) is 0 Å². The summed E-state index contributed by atoms with van der Waals surface area (Å²) in [4.78, 5) is 13.1. The van der Waals surface area contributed by atoms with E-state index in [9.17, 15) is 4.79 Å². The number of amides is 1. The van der Waals surface area contributed by atoms with E-state index in [4.69, 9.17) is 9.47 Å². The van der Waals surface area contributed by atoms with Crippen LogP contribution in [0.5, 0.6) is 11.5 Å². The zero-order valence-corrected chi connectivity index (χ0v) is 15.5. The van der Waals surface area contributed by atoms with E-state index in [0.717, 1.165) is 14.2 Å². The fourth-order valence-electron chi connectivity index (χ4n) is 2.09. The van der Waals surface area contributed by atoms with Crippen molar-refractivity contribution in [2.24, 2.45) is 0 Å². The molecule has 4 nitrogen and oxygen atoms in total. The molecule has 1 amide bonds. The van der Waals surface area contributed by atoms with E-state index in [2.05, 4.69) is 21.2 Å². The number of carbonyl (C=O) groups excluding carboxylic acids is 1. The molecule has 2 rings (SSSR count). The molecule has 0 radical (unpaired) electrons. The van der Waals surface area contributed by atoms with E-state index in [1.165, 1.54) is 6.08 Å². The monoisotopic (exact) mass is 395 g/mol. The molecule has 2 aromatic rings. The molecule has 6 heteroatoms. The van der Waals surface area contributed by atoms with Gasteiger partial charge in [-0.2, -0.15) is 0 Å². The first-order chi connectivity index (χ1) is 11.0. The summed E-state index contributed by atoms with van der Waals surface area (Å²) in [5, 5.41) is 2.93. The summed E-state index contributed by atoms with van der Waals surface area (Å²) in [7, 11) is 3.20. The Morgan fingerprint density at radius 2 is 2.04 bits per heavy atom. The highest BCUT2D eigenvalue weighted by molar-refractivity contribution is 9.11. The second kappa shape index (κ2) is 8.17. The Balaban J connectivity index is 2.04. The van der Waals surface area contributed by atoms with Gasteiger partial charge in [0.2, 0.25) is 5.91 Å². The maximum atomic E-state index is 12.1. The van der Waals surface area contributed by atoms with E-state index in [-0.39, 0.29) is 11.9 Å². The Morgan fingerprint density at radius 1 is 1.26 bits per heavy atom. The summed E-state index contributed by atoms with van der Waals surface area (Å²) in [6.45, 7) is 1.91. The number of hydrogen-bond acceptors (Lipinski definition) is 4. The zero-order valence-electron chi connectivity index (χ0n) is 13.1. The quantitative estimate of drug-likeness (QED) is 0.736. The van der Waals surface area contributed by atoms with Crippen LogP contribution in [-0.2, 0) is 4.79 Å². The topological polar surface area (TPSA) is 47.6 Å². The number of hydrogen-bond donors (Lipinski definition) is 1. The van der Waals surface area contributed by atoms with Crippen molar-refractivity contribution in [3.05, 3.63) is 50.6 Å². The second-order valence-electron chi connectivity index (χ2n) is 4.81. The van der Waals surface area contributed by atoms with Crippen LogP contribution in [-0.4, -0.2) is 20.1 Å². The first-order valence-corrected chi connectivity index (χ1v) is 8.60. The first kappa shape index (κ1) is 17.6. The predicted octanol–water partition coefficient (Wildman–Crippen LogP) is 4.42. The molecule has 0 aliphatic carbocycles. The first-order valence-electron chi connectivity index (χ1n) is 6.99. The Kier molecular flexibility index (Phi) is 6.24. The maximum Gasteiger partial charge on any atom is 0.244 e. The maximum absolute atomic E-state index is 12.1. The number of rotatable bonds is 6. The fraction of sp³-hybridized carbons (Fsp3) is 0.235. The van der Waals surface area contributed by atoms with Gasteiger partial charge in [0.05, 0.1) is 24.0 Å². The number of methoxy groups -OCH3 is 2. The molecular weight excluding hydrogens is 378 g/mol. The third-order valence-electron chi connectivity index (χ3n) is 3.26. The largest absolute Gasteiger partial charge is 0.497 e. The highest BCUT2D eigenvalue weighted by Crippen LogP contribution is 2.29. The van der Waals surface area contributed by atoms with Gasteiger partial charge in [-0.15, -0.1) is 11.3 Å². The molecule has 1 heterocycles. The van der Waals surface area contributed by atoms with Crippen molar-refractivity contribution in [1.82, 2.24) is 5.32 Å². The predicted molar refractivity (Wildman–Crippen MR) is 97.2 cm³/mol. The highest BCUT2D eigenvalue weighted by Gasteiger charge is 2.13. The summed E-state index contributed by atoms with van der Waals surface area (Å²) in [5.41, 5.74) is 0.897. The van der Waals surface area contributed by atoms with Crippen LogP contribution in [0.1, 0.15) is 23.4 Å². The molecule has 0 saturated heterocycles. The number of halogens is 1. The van der Waals surface area contributed by atoms with Crippen LogP contribution in [0.25, 0.3) is 6.08 Å². The lowest BCUT2D eigenvalue weighted by Gasteiger charge is -2.17. The minimum Gasteiger partial charge on any atom is -0.497 e. The zero-order chi connectivity index (χ0) is 16.8. The van der Waals surface area contributed by atoms with Gasteiger partial charge in [0.25, 0.3) is 0 Å². The minimum absolute atomic E-state index is 0.153. The van der Waals surface area contributed by atoms with Crippen molar-refractivity contribution < 1.29 is 14.3 Å². The van der Waals surface area contributed by atoms with E-state index in [1.807, 2.05) is 31.2 Å². The van der Waals surface area contributed by atoms with Gasteiger partial charge < -0.3 is 14.8 Å². The normalized spacial score (nSPS) is 12.2. The summed E-state index contributed by atoms with van der Waals surface area (Å²) in [6, 6.07) is 9.27. The average molecular weight is 396 g/mol. The minimum atomic E-state index is -0.178. The lowest BCUT2D eigenvalue weighted by atomic mass is 10.1. The molecule has 0 bridgehead atoms. The summed E-state index contributed by atoms with van der Waals surface area (Å²) < 4.78 is 11.6. The molecule has 0 aliphatic heterocycles. The molecule has 0 spiro atoms. The van der Waals surface area contributed by atoms with Crippen LogP contribution in [0.3, 0.4) is 0 Å². The molecule has 1 atom stereocenters. The lowest BCUT2D eigenvalue weighted by molar-refractivity contribution is -0.117. The molecule has 1 aromatic carbocycles. The average Bonchev–Trinajstić information content (AvgIpc) is 2.97. The second-order valence-corrected chi connectivity index (χ2v) is 7.31. The van der Waals surface area contributed by atoms with E-state index < -0.39 is 0 Å². The Morgan fingerprint density at radius 3 is 2.65 bits per heavy atom. The standard InChI is InChI=1S/C17H18BrNO3S/c1-11(14-7-4-12(21-2)10-15(14)22-3)19-17(20)9-6-13-5-8-16(18)23-13/h4-11H,1-3H3,(H,19,20)/b9-6+. The van der Waals surface area contributed by atoms with Gasteiger partial charge in [0.15, 0.2) is 0 Å². The van der Waals surface area contributed by atoms with Crippen LogP contribution in [0, 0.1) is 0 Å². The molecular formula is C17H18BrNO3S. The van der Waals surface area contributed by atoms with Gasteiger partial charge in [-0.05, 0) is 53.2 Å². The molecule has 23 heavy (non-hydrogen) atoms. The molecule has 1 aromatic heterocycles. The number of nitrogens with one attached hydrogen (secondary N) is 1. The fourth-order valence-corrected chi connectivity index (χ4v) is 3.42. The van der Waals surface area contributed by atoms with Crippen molar-refractivity contribution >= 4 is 39.2 Å². The summed E-state index contributed by atoms with van der Waals surface area (Å²) in [5.74, 6) is 1.25. The molecule has 0 fully saturated rings. The van der Waals surface area contributed by atoms with E-state index in [0.29, 0.717) is 11.5 Å². The third-order valence-corrected chi connectivity index (χ3v) is 4.85. The van der Waals surface area contributed by atoms with Crippen molar-refractivity contribution in [3.8, 4) is 11.5 Å². The van der Waals surface area contributed by atoms with Gasteiger partial charge in [-0.25, -0.2) is 0 Å².